The number of anilines is 2. The van der Waals surface area contributed by atoms with Crippen LogP contribution in [0, 0.1) is 6.92 Å². The fourth-order valence-corrected chi connectivity index (χ4v) is 2.29. The van der Waals surface area contributed by atoms with E-state index in [0.29, 0.717) is 10.7 Å². The van der Waals surface area contributed by atoms with Crippen molar-refractivity contribution in [3.63, 3.8) is 0 Å². The minimum atomic E-state index is -1.06. The first-order valence-electron chi connectivity index (χ1n) is 6.97. The summed E-state index contributed by atoms with van der Waals surface area (Å²) in [6.45, 7) is 3.21. The molecule has 0 radical (unpaired) electrons. The smallest absolute Gasteiger partial charge is 0.341 e. The summed E-state index contributed by atoms with van der Waals surface area (Å²) < 4.78 is 5.14. The Labute approximate surface area is 148 Å². The van der Waals surface area contributed by atoms with Crippen LogP contribution in [0.25, 0.3) is 0 Å². The second-order valence-corrected chi connectivity index (χ2v) is 5.90. The lowest BCUT2D eigenvalue weighted by molar-refractivity contribution is -0.123. The number of para-hydroxylation sites is 1. The molecule has 1 aromatic heterocycles. The molecular weight excluding hydrogens is 353 g/mol. The highest BCUT2D eigenvalue weighted by molar-refractivity contribution is 6.36. The lowest BCUT2D eigenvalue weighted by atomic mass is 10.1. The Bertz CT molecular complexity index is 796. The molecule has 1 heterocycles. The highest BCUT2D eigenvalue weighted by atomic mass is 35.5. The number of nitrogens with two attached hydrogens (primary N) is 1. The lowest BCUT2D eigenvalue weighted by Crippen LogP contribution is -2.30. The predicted octanol–water partition coefficient (Wildman–Crippen LogP) is 3.46. The van der Waals surface area contributed by atoms with Gasteiger partial charge in [0, 0.05) is 11.9 Å². The van der Waals surface area contributed by atoms with Crippen LogP contribution in [0.2, 0.25) is 10.0 Å². The number of hydrogen-bond donors (Lipinski definition) is 2. The summed E-state index contributed by atoms with van der Waals surface area (Å²) in [7, 11) is 0. The lowest BCUT2D eigenvalue weighted by Gasteiger charge is -2.15. The highest BCUT2D eigenvalue weighted by Crippen LogP contribution is 2.23. The Hall–Kier alpha value is -2.31. The SMILES string of the molecule is Cc1cccc(C(=O)O[C@@H](C)C(=O)Nc2ncc(Cl)cc2Cl)c1N. The van der Waals surface area contributed by atoms with Crippen molar-refractivity contribution in [3.8, 4) is 0 Å². The number of aromatic nitrogens is 1. The molecule has 2 rings (SSSR count). The van der Waals surface area contributed by atoms with E-state index in [0.717, 1.165) is 5.56 Å². The van der Waals surface area contributed by atoms with Crippen molar-refractivity contribution in [2.24, 2.45) is 0 Å². The van der Waals surface area contributed by atoms with Crippen LogP contribution >= 0.6 is 23.2 Å². The summed E-state index contributed by atoms with van der Waals surface area (Å²) in [4.78, 5) is 28.2. The molecule has 1 amide bonds. The maximum Gasteiger partial charge on any atom is 0.341 e. The van der Waals surface area contributed by atoms with Crippen LogP contribution in [0.5, 0.6) is 0 Å². The average molecular weight is 368 g/mol. The van der Waals surface area contributed by atoms with E-state index in [1.165, 1.54) is 25.3 Å². The number of ether oxygens (including phenoxy) is 1. The van der Waals surface area contributed by atoms with Gasteiger partial charge in [0.15, 0.2) is 11.9 Å². The van der Waals surface area contributed by atoms with Gasteiger partial charge < -0.3 is 15.8 Å². The fourth-order valence-electron chi connectivity index (χ4n) is 1.86. The molecule has 0 aliphatic heterocycles. The number of rotatable bonds is 4. The van der Waals surface area contributed by atoms with Crippen molar-refractivity contribution in [2.45, 2.75) is 20.0 Å². The van der Waals surface area contributed by atoms with E-state index in [1.807, 2.05) is 0 Å². The van der Waals surface area contributed by atoms with Crippen LogP contribution in [-0.4, -0.2) is 23.0 Å². The molecule has 126 valence electrons. The van der Waals surface area contributed by atoms with Gasteiger partial charge in [-0.05, 0) is 31.5 Å². The van der Waals surface area contributed by atoms with Gasteiger partial charge in [0.05, 0.1) is 15.6 Å². The Morgan fingerprint density at radius 2 is 2.04 bits per heavy atom. The number of nitrogen functional groups attached to an aromatic ring is 1. The van der Waals surface area contributed by atoms with E-state index < -0.39 is 18.0 Å². The molecule has 0 unspecified atom stereocenters. The summed E-state index contributed by atoms with van der Waals surface area (Å²) in [5.41, 5.74) is 7.12. The van der Waals surface area contributed by atoms with Gasteiger partial charge in [0.1, 0.15) is 0 Å². The second-order valence-electron chi connectivity index (χ2n) is 5.06. The molecule has 0 saturated carbocycles. The summed E-state index contributed by atoms with van der Waals surface area (Å²) in [6, 6.07) is 6.43. The number of carbonyl (C=O) groups excluding carboxylic acids is 2. The average Bonchev–Trinajstić information content (AvgIpc) is 2.52. The molecule has 0 aliphatic rings. The molecule has 3 N–H and O–H groups in total. The van der Waals surface area contributed by atoms with Gasteiger partial charge in [-0.15, -0.1) is 0 Å². The molecule has 8 heteroatoms. The first kappa shape index (κ1) is 18.0. The maximum absolute atomic E-state index is 12.2. The van der Waals surface area contributed by atoms with Crippen LogP contribution in [0.4, 0.5) is 11.5 Å². The quantitative estimate of drug-likeness (QED) is 0.637. The normalized spacial score (nSPS) is 11.7. The zero-order valence-electron chi connectivity index (χ0n) is 13.0. The van der Waals surface area contributed by atoms with Gasteiger partial charge in [-0.3, -0.25) is 4.79 Å². The monoisotopic (exact) mass is 367 g/mol. The standard InChI is InChI=1S/C16H15Cl2N3O3/c1-8-4-3-5-11(13(8)19)16(23)24-9(2)15(22)21-14-12(18)6-10(17)7-20-14/h3-7,9H,19H2,1-2H3,(H,20,21,22)/t9-/m0/s1. The van der Waals surface area contributed by atoms with Crippen LogP contribution in [0.3, 0.4) is 0 Å². The van der Waals surface area contributed by atoms with Crippen LogP contribution < -0.4 is 11.1 Å². The zero-order valence-corrected chi connectivity index (χ0v) is 14.5. The van der Waals surface area contributed by atoms with E-state index in [1.54, 1.807) is 19.1 Å². The molecule has 0 bridgehead atoms. The topological polar surface area (TPSA) is 94.3 Å². The number of hydrogen-bond acceptors (Lipinski definition) is 5. The van der Waals surface area contributed by atoms with Gasteiger partial charge in [0.2, 0.25) is 0 Å². The molecule has 1 aromatic carbocycles. The van der Waals surface area contributed by atoms with E-state index in [4.69, 9.17) is 33.7 Å². The van der Waals surface area contributed by atoms with Crippen molar-refractivity contribution in [1.82, 2.24) is 4.98 Å². The van der Waals surface area contributed by atoms with Crippen LogP contribution in [0.1, 0.15) is 22.8 Å². The van der Waals surface area contributed by atoms with Gasteiger partial charge in [0.25, 0.3) is 5.91 Å². The van der Waals surface area contributed by atoms with Crippen LogP contribution in [0.15, 0.2) is 30.5 Å². The molecule has 1 atom stereocenters. The van der Waals surface area contributed by atoms with Crippen molar-refractivity contribution >= 4 is 46.6 Å². The molecule has 0 aliphatic carbocycles. The minimum absolute atomic E-state index is 0.129. The molecular formula is C16H15Cl2N3O3. The Kier molecular flexibility index (Phi) is 5.64. The third-order valence-electron chi connectivity index (χ3n) is 3.25. The Balaban J connectivity index is 2.06. The van der Waals surface area contributed by atoms with Crippen molar-refractivity contribution in [2.75, 3.05) is 11.1 Å². The number of amides is 1. The molecule has 24 heavy (non-hydrogen) atoms. The second kappa shape index (κ2) is 7.51. The van der Waals surface area contributed by atoms with E-state index in [9.17, 15) is 9.59 Å². The first-order valence-corrected chi connectivity index (χ1v) is 7.73. The molecule has 0 spiro atoms. The summed E-state index contributed by atoms with van der Waals surface area (Å²) in [6.07, 6.45) is 0.277. The number of nitrogens with zero attached hydrogens (tertiary/aromatic N) is 1. The van der Waals surface area contributed by atoms with Crippen molar-refractivity contribution < 1.29 is 14.3 Å². The molecule has 0 saturated heterocycles. The zero-order chi connectivity index (χ0) is 17.9. The Morgan fingerprint density at radius 3 is 2.71 bits per heavy atom. The predicted molar refractivity (Wildman–Crippen MR) is 93.4 cm³/mol. The summed E-state index contributed by atoms with van der Waals surface area (Å²) >= 11 is 11.7. The van der Waals surface area contributed by atoms with Gasteiger partial charge >= 0.3 is 5.97 Å². The number of aryl methyl sites for hydroxylation is 1. The van der Waals surface area contributed by atoms with E-state index in [2.05, 4.69) is 10.3 Å². The number of carbonyl (C=O) groups is 2. The number of benzene rings is 1. The number of pyridine rings is 1. The van der Waals surface area contributed by atoms with Crippen LogP contribution in [-0.2, 0) is 9.53 Å². The van der Waals surface area contributed by atoms with Gasteiger partial charge in [-0.2, -0.15) is 0 Å². The number of halogens is 2. The minimum Gasteiger partial charge on any atom is -0.449 e. The van der Waals surface area contributed by atoms with E-state index >= 15 is 0 Å². The summed E-state index contributed by atoms with van der Waals surface area (Å²) in [5.74, 6) is -1.13. The van der Waals surface area contributed by atoms with Crippen molar-refractivity contribution in [3.05, 3.63) is 51.6 Å². The van der Waals surface area contributed by atoms with Crippen molar-refractivity contribution in [1.29, 1.82) is 0 Å². The van der Waals surface area contributed by atoms with Gasteiger partial charge in [-0.1, -0.05) is 35.3 Å². The largest absolute Gasteiger partial charge is 0.449 e. The number of nitrogens with one attached hydrogen (secondary N) is 1. The Morgan fingerprint density at radius 1 is 1.33 bits per heavy atom. The molecule has 2 aromatic rings. The highest BCUT2D eigenvalue weighted by Gasteiger charge is 2.21. The van der Waals surface area contributed by atoms with E-state index in [-0.39, 0.29) is 16.4 Å². The third kappa shape index (κ3) is 4.15. The van der Waals surface area contributed by atoms with Gasteiger partial charge in [-0.25, -0.2) is 9.78 Å². The summed E-state index contributed by atoms with van der Waals surface area (Å²) in [5, 5.41) is 2.99. The molecule has 6 nitrogen and oxygen atoms in total. The fraction of sp³-hybridized carbons (Fsp3) is 0.188. The number of esters is 1. The maximum atomic E-state index is 12.2. The third-order valence-corrected chi connectivity index (χ3v) is 3.74. The molecule has 0 fully saturated rings. The first-order chi connectivity index (χ1) is 11.3.